The van der Waals surface area contributed by atoms with Gasteiger partial charge in [0.2, 0.25) is 0 Å². The van der Waals surface area contributed by atoms with Gasteiger partial charge in [-0.1, -0.05) is 52.3 Å². The lowest BCUT2D eigenvalue weighted by Gasteiger charge is -2.09. The second kappa shape index (κ2) is 6.88. The molecule has 1 nitrogen and oxygen atoms in total. The van der Waals surface area contributed by atoms with Gasteiger partial charge in [-0.3, -0.25) is 0 Å². The van der Waals surface area contributed by atoms with Crippen LogP contribution < -0.4 is 5.32 Å². The summed E-state index contributed by atoms with van der Waals surface area (Å²) in [5.74, 6) is 0. The number of benzene rings is 2. The minimum Gasteiger partial charge on any atom is -0.312 e. The van der Waals surface area contributed by atoms with Crippen LogP contribution in [0.25, 0.3) is 0 Å². The molecule has 0 saturated heterocycles. The average molecular weight is 318 g/mol. The van der Waals surface area contributed by atoms with E-state index in [2.05, 4.69) is 77.6 Å². The molecular formula is C17H20BrN. The first kappa shape index (κ1) is 14.3. The standard InChI is InChI=1S/C17H20BrN/c1-13-7-8-16(17(18)11-13)12-19-10-9-15-6-4-3-5-14(15)2/h3-8,11,19H,9-10,12H2,1-2H3. The van der Waals surface area contributed by atoms with Crippen LogP contribution in [0.15, 0.2) is 46.9 Å². The van der Waals surface area contributed by atoms with Crippen LogP contribution >= 0.6 is 15.9 Å². The van der Waals surface area contributed by atoms with Crippen LogP contribution in [0.2, 0.25) is 0 Å². The van der Waals surface area contributed by atoms with Gasteiger partial charge in [-0.25, -0.2) is 0 Å². The Hall–Kier alpha value is -1.12. The summed E-state index contributed by atoms with van der Waals surface area (Å²) >= 11 is 3.62. The van der Waals surface area contributed by atoms with Crippen LogP contribution in [-0.4, -0.2) is 6.54 Å². The summed E-state index contributed by atoms with van der Waals surface area (Å²) in [4.78, 5) is 0. The average Bonchev–Trinajstić information content (AvgIpc) is 2.38. The van der Waals surface area contributed by atoms with Gasteiger partial charge >= 0.3 is 0 Å². The predicted octanol–water partition coefficient (Wildman–Crippen LogP) is 4.40. The Morgan fingerprint density at radius 1 is 1.00 bits per heavy atom. The van der Waals surface area contributed by atoms with E-state index in [1.807, 2.05) is 0 Å². The Kier molecular flexibility index (Phi) is 5.17. The molecule has 0 radical (unpaired) electrons. The summed E-state index contributed by atoms with van der Waals surface area (Å²) in [5, 5.41) is 3.51. The molecule has 0 bridgehead atoms. The number of aryl methyl sites for hydroxylation is 2. The maximum Gasteiger partial charge on any atom is 0.0222 e. The third kappa shape index (κ3) is 4.19. The zero-order valence-electron chi connectivity index (χ0n) is 11.5. The van der Waals surface area contributed by atoms with Crippen molar-refractivity contribution in [3.63, 3.8) is 0 Å². The molecule has 100 valence electrons. The predicted molar refractivity (Wildman–Crippen MR) is 85.5 cm³/mol. The summed E-state index contributed by atoms with van der Waals surface area (Å²) in [6.07, 6.45) is 1.08. The second-order valence-corrected chi connectivity index (χ2v) is 5.80. The first-order valence-corrected chi connectivity index (χ1v) is 7.46. The molecular weight excluding hydrogens is 298 g/mol. The molecule has 0 aliphatic rings. The van der Waals surface area contributed by atoms with Crippen molar-refractivity contribution >= 4 is 15.9 Å². The zero-order chi connectivity index (χ0) is 13.7. The van der Waals surface area contributed by atoms with Crippen molar-refractivity contribution < 1.29 is 0 Å². The van der Waals surface area contributed by atoms with Gasteiger partial charge in [0.25, 0.3) is 0 Å². The largest absolute Gasteiger partial charge is 0.312 e. The van der Waals surface area contributed by atoms with Gasteiger partial charge in [0.15, 0.2) is 0 Å². The molecule has 0 heterocycles. The van der Waals surface area contributed by atoms with E-state index < -0.39 is 0 Å². The third-order valence-corrected chi connectivity index (χ3v) is 4.09. The van der Waals surface area contributed by atoms with Gasteiger partial charge in [-0.15, -0.1) is 0 Å². The quantitative estimate of drug-likeness (QED) is 0.806. The topological polar surface area (TPSA) is 12.0 Å². The lowest BCUT2D eigenvalue weighted by atomic mass is 10.1. The highest BCUT2D eigenvalue weighted by atomic mass is 79.9. The molecule has 1 N–H and O–H groups in total. The van der Waals surface area contributed by atoms with Crippen LogP contribution in [-0.2, 0) is 13.0 Å². The molecule has 2 heteroatoms. The summed E-state index contributed by atoms with van der Waals surface area (Å²) in [5.41, 5.74) is 5.41. The van der Waals surface area contributed by atoms with Crippen LogP contribution in [0.3, 0.4) is 0 Å². The van der Waals surface area contributed by atoms with E-state index in [4.69, 9.17) is 0 Å². The Balaban J connectivity index is 1.83. The molecule has 2 aromatic carbocycles. The maximum absolute atomic E-state index is 3.62. The summed E-state index contributed by atoms with van der Waals surface area (Å²) in [6, 6.07) is 15.1. The number of hydrogen-bond donors (Lipinski definition) is 1. The van der Waals surface area contributed by atoms with E-state index in [1.165, 1.54) is 26.7 Å². The SMILES string of the molecule is Cc1ccc(CNCCc2ccccc2C)c(Br)c1. The molecule has 0 aromatic heterocycles. The Bertz CT molecular complexity index is 549. The van der Waals surface area contributed by atoms with Crippen molar-refractivity contribution in [3.8, 4) is 0 Å². The Morgan fingerprint density at radius 3 is 2.53 bits per heavy atom. The Morgan fingerprint density at radius 2 is 1.79 bits per heavy atom. The summed E-state index contributed by atoms with van der Waals surface area (Å²) in [7, 11) is 0. The van der Waals surface area contributed by atoms with E-state index >= 15 is 0 Å². The minimum absolute atomic E-state index is 0.909. The minimum atomic E-state index is 0.909. The molecule has 0 spiro atoms. The first-order valence-electron chi connectivity index (χ1n) is 6.67. The third-order valence-electron chi connectivity index (χ3n) is 3.36. The van der Waals surface area contributed by atoms with E-state index in [0.29, 0.717) is 0 Å². The normalized spacial score (nSPS) is 10.7. The monoisotopic (exact) mass is 317 g/mol. The van der Waals surface area contributed by atoms with Gasteiger partial charge in [-0.05, 0) is 55.1 Å². The zero-order valence-corrected chi connectivity index (χ0v) is 13.1. The fraction of sp³-hybridized carbons (Fsp3) is 0.294. The van der Waals surface area contributed by atoms with Gasteiger partial charge in [0.05, 0.1) is 0 Å². The van der Waals surface area contributed by atoms with Crippen LogP contribution in [0.5, 0.6) is 0 Å². The molecule has 19 heavy (non-hydrogen) atoms. The molecule has 0 atom stereocenters. The lowest BCUT2D eigenvalue weighted by molar-refractivity contribution is 0.684. The highest BCUT2D eigenvalue weighted by molar-refractivity contribution is 9.10. The molecule has 2 aromatic rings. The van der Waals surface area contributed by atoms with Crippen LogP contribution in [0, 0.1) is 13.8 Å². The van der Waals surface area contributed by atoms with Crippen molar-refractivity contribution in [2.24, 2.45) is 0 Å². The van der Waals surface area contributed by atoms with Crippen molar-refractivity contribution in [2.45, 2.75) is 26.8 Å². The lowest BCUT2D eigenvalue weighted by Crippen LogP contribution is -2.17. The molecule has 0 saturated carbocycles. The molecule has 0 unspecified atom stereocenters. The highest BCUT2D eigenvalue weighted by Gasteiger charge is 2.00. The number of halogens is 1. The van der Waals surface area contributed by atoms with E-state index in [1.54, 1.807) is 0 Å². The van der Waals surface area contributed by atoms with Crippen molar-refractivity contribution in [1.82, 2.24) is 5.32 Å². The van der Waals surface area contributed by atoms with E-state index in [9.17, 15) is 0 Å². The molecule has 2 rings (SSSR count). The van der Waals surface area contributed by atoms with Crippen LogP contribution in [0.1, 0.15) is 22.3 Å². The number of nitrogens with one attached hydrogen (secondary N) is 1. The molecule has 0 amide bonds. The highest BCUT2D eigenvalue weighted by Crippen LogP contribution is 2.18. The van der Waals surface area contributed by atoms with Crippen molar-refractivity contribution in [2.75, 3.05) is 6.54 Å². The van der Waals surface area contributed by atoms with Crippen molar-refractivity contribution in [1.29, 1.82) is 0 Å². The van der Waals surface area contributed by atoms with Gasteiger partial charge in [-0.2, -0.15) is 0 Å². The molecule has 0 fully saturated rings. The van der Waals surface area contributed by atoms with Gasteiger partial charge < -0.3 is 5.32 Å². The maximum atomic E-state index is 3.62. The fourth-order valence-corrected chi connectivity index (χ4v) is 2.77. The summed E-state index contributed by atoms with van der Waals surface area (Å²) in [6.45, 7) is 6.20. The second-order valence-electron chi connectivity index (χ2n) is 4.95. The van der Waals surface area contributed by atoms with Crippen molar-refractivity contribution in [3.05, 3.63) is 69.2 Å². The number of hydrogen-bond acceptors (Lipinski definition) is 1. The van der Waals surface area contributed by atoms with Gasteiger partial charge in [0, 0.05) is 11.0 Å². The van der Waals surface area contributed by atoms with E-state index in [-0.39, 0.29) is 0 Å². The fourth-order valence-electron chi connectivity index (χ4n) is 2.13. The van der Waals surface area contributed by atoms with E-state index in [0.717, 1.165) is 19.5 Å². The van der Waals surface area contributed by atoms with Gasteiger partial charge in [0.1, 0.15) is 0 Å². The van der Waals surface area contributed by atoms with Crippen LogP contribution in [0.4, 0.5) is 0 Å². The Labute approximate surface area is 124 Å². The molecule has 0 aliphatic heterocycles. The summed E-state index contributed by atoms with van der Waals surface area (Å²) < 4.78 is 1.19. The molecule has 0 aliphatic carbocycles. The number of rotatable bonds is 5. The first-order chi connectivity index (χ1) is 9.16. The smallest absolute Gasteiger partial charge is 0.0222 e.